The number of nitrogens with zero attached hydrogens (tertiary/aromatic N) is 1. The molecule has 1 heterocycles. The highest BCUT2D eigenvalue weighted by Crippen LogP contribution is 2.52. The summed E-state index contributed by atoms with van der Waals surface area (Å²) in [7, 11) is -2.24. The molecule has 2 aliphatic rings. The van der Waals surface area contributed by atoms with E-state index in [-0.39, 0.29) is 28.4 Å². The van der Waals surface area contributed by atoms with Gasteiger partial charge in [0.1, 0.15) is 5.82 Å². The minimum absolute atomic E-state index is 0.105. The van der Waals surface area contributed by atoms with E-state index in [2.05, 4.69) is 10.0 Å². The van der Waals surface area contributed by atoms with Gasteiger partial charge in [0.15, 0.2) is 0 Å². The van der Waals surface area contributed by atoms with Crippen LogP contribution in [0.3, 0.4) is 0 Å². The molecule has 0 atom stereocenters. The van der Waals surface area contributed by atoms with Gasteiger partial charge in [0, 0.05) is 24.2 Å². The number of halogens is 4. The van der Waals surface area contributed by atoms with Gasteiger partial charge in [-0.3, -0.25) is 4.90 Å². The van der Waals surface area contributed by atoms with Crippen LogP contribution in [0.1, 0.15) is 42.4 Å². The minimum Gasteiger partial charge on any atom is -0.334 e. The summed E-state index contributed by atoms with van der Waals surface area (Å²) in [5.74, 6) is -0.958. The molecule has 0 aromatic heterocycles. The predicted molar refractivity (Wildman–Crippen MR) is 139 cm³/mol. The fourth-order valence-electron chi connectivity index (χ4n) is 5.68. The number of sulfonamides is 1. The molecule has 0 bridgehead atoms. The van der Waals surface area contributed by atoms with E-state index in [1.165, 1.54) is 25.2 Å². The maximum atomic E-state index is 13.7. The van der Waals surface area contributed by atoms with Crippen molar-refractivity contribution in [1.29, 1.82) is 0 Å². The Bertz CT molecular complexity index is 1520. The smallest absolute Gasteiger partial charge is 0.334 e. The lowest BCUT2D eigenvalue weighted by molar-refractivity contribution is -0.137. The average molecular weight is 562 g/mol. The molecule has 1 fully saturated rings. The van der Waals surface area contributed by atoms with E-state index in [1.807, 2.05) is 0 Å². The Morgan fingerprint density at radius 1 is 1.00 bits per heavy atom. The maximum Gasteiger partial charge on any atom is 0.417 e. The lowest BCUT2D eigenvalue weighted by atomic mass is 9.79. The zero-order valence-electron chi connectivity index (χ0n) is 21.1. The van der Waals surface area contributed by atoms with Crippen LogP contribution in [-0.2, 0) is 28.2 Å². The lowest BCUT2D eigenvalue weighted by Crippen LogP contribution is -2.41. The van der Waals surface area contributed by atoms with E-state index in [0.717, 1.165) is 43.4 Å². The maximum absolute atomic E-state index is 13.7. The second kappa shape index (κ2) is 9.95. The summed E-state index contributed by atoms with van der Waals surface area (Å²) in [5.41, 5.74) is 1.00. The first-order chi connectivity index (χ1) is 18.4. The molecule has 3 aromatic rings. The molecule has 1 spiro atoms. The minimum atomic E-state index is -4.72. The van der Waals surface area contributed by atoms with Gasteiger partial charge >= 0.3 is 12.2 Å². The number of fused-ring (bicyclic) bond motifs is 2. The van der Waals surface area contributed by atoms with Crippen LogP contribution >= 0.6 is 0 Å². The van der Waals surface area contributed by atoms with Gasteiger partial charge in [0.05, 0.1) is 10.5 Å². The molecule has 2 amide bonds. The van der Waals surface area contributed by atoms with Crippen molar-refractivity contribution < 1.29 is 30.8 Å². The van der Waals surface area contributed by atoms with Gasteiger partial charge in [-0.2, -0.15) is 13.2 Å². The number of urea groups is 1. The number of benzene rings is 3. The van der Waals surface area contributed by atoms with E-state index in [1.54, 1.807) is 29.2 Å². The molecule has 39 heavy (non-hydrogen) atoms. The van der Waals surface area contributed by atoms with E-state index in [9.17, 15) is 30.8 Å². The summed E-state index contributed by atoms with van der Waals surface area (Å²) in [6.45, 7) is 0.576. The molecule has 6 nitrogen and oxygen atoms in total. The fraction of sp³-hybridized carbons (Fsp3) is 0.321. The van der Waals surface area contributed by atoms with Gasteiger partial charge in [-0.15, -0.1) is 0 Å². The van der Waals surface area contributed by atoms with Crippen LogP contribution in [0.5, 0.6) is 0 Å². The van der Waals surface area contributed by atoms with E-state index in [4.69, 9.17) is 0 Å². The van der Waals surface area contributed by atoms with Crippen LogP contribution < -0.4 is 14.9 Å². The zero-order valence-corrected chi connectivity index (χ0v) is 21.9. The number of hydrogen-bond acceptors (Lipinski definition) is 3. The van der Waals surface area contributed by atoms with Crippen molar-refractivity contribution >= 4 is 21.7 Å². The Balaban J connectivity index is 1.42. The van der Waals surface area contributed by atoms with E-state index >= 15 is 0 Å². The first kappa shape index (κ1) is 27.1. The number of rotatable bonds is 5. The normalized spacial score (nSPS) is 16.5. The molecule has 3 aromatic carbocycles. The van der Waals surface area contributed by atoms with Crippen molar-refractivity contribution in [2.75, 3.05) is 18.5 Å². The van der Waals surface area contributed by atoms with Crippen molar-refractivity contribution in [1.82, 2.24) is 10.0 Å². The van der Waals surface area contributed by atoms with Gasteiger partial charge in [-0.25, -0.2) is 22.3 Å². The molecule has 2 N–H and O–H groups in total. The molecule has 11 heteroatoms. The number of amides is 2. The van der Waals surface area contributed by atoms with Crippen molar-refractivity contribution in [3.8, 4) is 11.1 Å². The topological polar surface area (TPSA) is 78.5 Å². The van der Waals surface area contributed by atoms with Crippen LogP contribution in [0.15, 0.2) is 65.6 Å². The molecule has 5 rings (SSSR count). The van der Waals surface area contributed by atoms with Crippen molar-refractivity contribution in [3.05, 3.63) is 83.2 Å². The monoisotopic (exact) mass is 561 g/mol. The van der Waals surface area contributed by atoms with Gasteiger partial charge < -0.3 is 5.32 Å². The van der Waals surface area contributed by atoms with Gasteiger partial charge in [0.2, 0.25) is 10.0 Å². The van der Waals surface area contributed by atoms with E-state index < -0.39 is 27.6 Å². The predicted octanol–water partition coefficient (Wildman–Crippen LogP) is 5.96. The standard InChI is InChI=1S/C28H27F4N3O3S/c1-33-39(37,38)21-8-4-18(5-9-21)16-34-26(36)35-17-27(12-2-3-13-27)24-14-19(6-11-25(24)35)22-10-7-20(29)15-23(22)28(30,31)32/h4-11,14-15,33H,2-3,12-13,16-17H2,1H3,(H,34,36). The molecule has 0 unspecified atom stereocenters. The number of alkyl halides is 3. The number of carbonyl (C=O) groups excluding carboxylic acids is 1. The SMILES string of the molecule is CNS(=O)(=O)c1ccc(CNC(=O)N2CC3(CCCC3)c3cc(-c4ccc(F)cc4C(F)(F)F)ccc32)cc1. The molecule has 1 aliphatic carbocycles. The van der Waals surface area contributed by atoms with Crippen molar-refractivity contribution in [3.63, 3.8) is 0 Å². The van der Waals surface area contributed by atoms with Crippen molar-refractivity contribution in [2.24, 2.45) is 0 Å². The summed E-state index contributed by atoms with van der Waals surface area (Å²) >= 11 is 0. The Morgan fingerprint density at radius 2 is 1.69 bits per heavy atom. The average Bonchev–Trinajstić information content (AvgIpc) is 3.52. The second-order valence-corrected chi connectivity index (χ2v) is 11.9. The Hall–Kier alpha value is -3.44. The quantitative estimate of drug-likeness (QED) is 0.378. The first-order valence-electron chi connectivity index (χ1n) is 12.5. The van der Waals surface area contributed by atoms with Crippen molar-refractivity contribution in [2.45, 2.75) is 48.7 Å². The van der Waals surface area contributed by atoms with Crippen LogP contribution in [-0.4, -0.2) is 28.0 Å². The number of hydrogen-bond donors (Lipinski definition) is 2. The fourth-order valence-corrected chi connectivity index (χ4v) is 6.41. The third-order valence-corrected chi connectivity index (χ3v) is 9.10. The highest BCUT2D eigenvalue weighted by Gasteiger charge is 2.46. The summed E-state index contributed by atoms with van der Waals surface area (Å²) < 4.78 is 80.9. The van der Waals surface area contributed by atoms with Gasteiger partial charge in [-0.1, -0.05) is 37.1 Å². The third-order valence-electron chi connectivity index (χ3n) is 7.67. The number of carbonyl (C=O) groups is 1. The third kappa shape index (κ3) is 5.12. The molecule has 0 radical (unpaired) electrons. The largest absolute Gasteiger partial charge is 0.417 e. The summed E-state index contributed by atoms with van der Waals surface area (Å²) in [5, 5.41) is 2.87. The lowest BCUT2D eigenvalue weighted by Gasteiger charge is -2.25. The van der Waals surface area contributed by atoms with E-state index in [0.29, 0.717) is 29.4 Å². The van der Waals surface area contributed by atoms with Crippen LogP contribution in [0.4, 0.5) is 28.0 Å². The molecule has 1 saturated carbocycles. The highest BCUT2D eigenvalue weighted by atomic mass is 32.2. The number of nitrogens with one attached hydrogen (secondary N) is 2. The Kier molecular flexibility index (Phi) is 6.92. The highest BCUT2D eigenvalue weighted by molar-refractivity contribution is 7.89. The number of anilines is 1. The Labute approximate surface area is 224 Å². The summed E-state index contributed by atoms with van der Waals surface area (Å²) in [6.07, 6.45) is -1.20. The summed E-state index contributed by atoms with van der Waals surface area (Å²) in [6, 6.07) is 13.4. The summed E-state index contributed by atoms with van der Waals surface area (Å²) in [4.78, 5) is 15.0. The van der Waals surface area contributed by atoms with Crippen LogP contribution in [0, 0.1) is 5.82 Å². The van der Waals surface area contributed by atoms with Gasteiger partial charge in [0.25, 0.3) is 0 Å². The molecule has 206 valence electrons. The van der Waals surface area contributed by atoms with Crippen LogP contribution in [0.2, 0.25) is 0 Å². The second-order valence-electron chi connectivity index (χ2n) is 10.0. The molecule has 1 aliphatic heterocycles. The van der Waals surface area contributed by atoms with Gasteiger partial charge in [-0.05, 0) is 78.5 Å². The molecule has 0 saturated heterocycles. The zero-order chi connectivity index (χ0) is 28.0. The molecular formula is C28H27F4N3O3S. The van der Waals surface area contributed by atoms with Crippen LogP contribution in [0.25, 0.3) is 11.1 Å². The molecular weight excluding hydrogens is 534 g/mol. The first-order valence-corrected chi connectivity index (χ1v) is 14.0. The Morgan fingerprint density at radius 3 is 2.33 bits per heavy atom.